The largest absolute Gasteiger partial charge is 0.497 e. The summed E-state index contributed by atoms with van der Waals surface area (Å²) in [4.78, 5) is 25.7. The molecule has 1 heterocycles. The lowest BCUT2D eigenvalue weighted by Gasteiger charge is -2.31. The van der Waals surface area contributed by atoms with E-state index in [0.29, 0.717) is 24.3 Å². The zero-order valence-corrected chi connectivity index (χ0v) is 20.5. The highest BCUT2D eigenvalue weighted by atomic mass is 32.2. The molecule has 0 aliphatic carbocycles. The lowest BCUT2D eigenvalue weighted by atomic mass is 9.97. The first-order valence-corrected chi connectivity index (χ1v) is 13.0. The first kappa shape index (κ1) is 24.7. The molecule has 3 aromatic carbocycles. The number of benzene rings is 3. The van der Waals surface area contributed by atoms with Crippen LogP contribution >= 0.6 is 0 Å². The summed E-state index contributed by atoms with van der Waals surface area (Å²) >= 11 is 0. The van der Waals surface area contributed by atoms with E-state index in [9.17, 15) is 18.0 Å². The number of piperidine rings is 1. The molecular formula is C26H29N3O5S. The van der Waals surface area contributed by atoms with Crippen LogP contribution in [-0.4, -0.2) is 50.8 Å². The van der Waals surface area contributed by atoms with Gasteiger partial charge in [-0.15, -0.1) is 0 Å². The second-order valence-corrected chi connectivity index (χ2v) is 10.5. The van der Waals surface area contributed by atoms with Gasteiger partial charge in [-0.05, 0) is 55.5 Å². The SMILES string of the molecule is COc1ccc(S(=O)(=O)N2CCC(C(=O)N[C@H](C)C(=O)Nc3cccc4ccccc34)CC2)cc1. The molecule has 1 atom stereocenters. The Bertz CT molecular complexity index is 1310. The number of ether oxygens (including phenoxy) is 1. The van der Waals surface area contributed by atoms with E-state index in [2.05, 4.69) is 10.6 Å². The zero-order chi connectivity index (χ0) is 25.0. The molecule has 1 fully saturated rings. The Kier molecular flexibility index (Phi) is 7.37. The third-order valence-electron chi connectivity index (χ3n) is 6.32. The minimum atomic E-state index is -3.64. The highest BCUT2D eigenvalue weighted by Crippen LogP contribution is 2.26. The third-order valence-corrected chi connectivity index (χ3v) is 8.23. The average molecular weight is 496 g/mol. The summed E-state index contributed by atoms with van der Waals surface area (Å²) in [6.07, 6.45) is 0.776. The number of carbonyl (C=O) groups excluding carboxylic acids is 2. The van der Waals surface area contributed by atoms with Crippen molar-refractivity contribution in [2.24, 2.45) is 5.92 Å². The monoisotopic (exact) mass is 495 g/mol. The van der Waals surface area contributed by atoms with Crippen LogP contribution in [0.15, 0.2) is 71.6 Å². The molecule has 35 heavy (non-hydrogen) atoms. The Hall–Kier alpha value is -3.43. The van der Waals surface area contributed by atoms with E-state index in [0.717, 1.165) is 10.8 Å². The Morgan fingerprint density at radius 1 is 0.971 bits per heavy atom. The number of hydrogen-bond acceptors (Lipinski definition) is 5. The third kappa shape index (κ3) is 5.47. The number of carbonyl (C=O) groups is 2. The molecule has 1 aliphatic heterocycles. The maximum atomic E-state index is 12.9. The summed E-state index contributed by atoms with van der Waals surface area (Å²) in [5, 5.41) is 7.61. The molecule has 3 aromatic rings. The smallest absolute Gasteiger partial charge is 0.246 e. The van der Waals surface area contributed by atoms with E-state index in [4.69, 9.17) is 4.74 Å². The van der Waals surface area contributed by atoms with Crippen LogP contribution in [0.2, 0.25) is 0 Å². The Labute approximate surface area is 205 Å². The topological polar surface area (TPSA) is 105 Å². The molecule has 0 aromatic heterocycles. The van der Waals surface area contributed by atoms with Gasteiger partial charge in [0, 0.05) is 30.1 Å². The van der Waals surface area contributed by atoms with Crippen LogP contribution in [0.25, 0.3) is 10.8 Å². The van der Waals surface area contributed by atoms with Gasteiger partial charge in [0.25, 0.3) is 0 Å². The average Bonchev–Trinajstić information content (AvgIpc) is 2.89. The molecule has 184 valence electrons. The van der Waals surface area contributed by atoms with Crippen LogP contribution in [0, 0.1) is 5.92 Å². The summed E-state index contributed by atoms with van der Waals surface area (Å²) < 4.78 is 32.3. The van der Waals surface area contributed by atoms with Gasteiger partial charge < -0.3 is 15.4 Å². The Balaban J connectivity index is 1.32. The van der Waals surface area contributed by atoms with Gasteiger partial charge in [0.2, 0.25) is 21.8 Å². The number of fused-ring (bicyclic) bond motifs is 1. The number of sulfonamides is 1. The van der Waals surface area contributed by atoms with Gasteiger partial charge in [0.15, 0.2) is 0 Å². The molecule has 0 spiro atoms. The predicted octanol–water partition coefficient (Wildman–Crippen LogP) is 3.39. The number of nitrogens with one attached hydrogen (secondary N) is 2. The molecular weight excluding hydrogens is 466 g/mol. The number of anilines is 1. The Morgan fingerprint density at radius 3 is 2.31 bits per heavy atom. The van der Waals surface area contributed by atoms with Gasteiger partial charge in [-0.25, -0.2) is 8.42 Å². The summed E-state index contributed by atoms with van der Waals surface area (Å²) in [6.45, 7) is 2.12. The normalized spacial score (nSPS) is 15.9. The van der Waals surface area contributed by atoms with Crippen LogP contribution in [-0.2, 0) is 19.6 Å². The van der Waals surface area contributed by atoms with E-state index in [-0.39, 0.29) is 35.7 Å². The van der Waals surface area contributed by atoms with Gasteiger partial charge in [0.05, 0.1) is 12.0 Å². The van der Waals surface area contributed by atoms with Crippen LogP contribution in [0.1, 0.15) is 19.8 Å². The molecule has 0 unspecified atom stereocenters. The Morgan fingerprint density at radius 2 is 1.63 bits per heavy atom. The highest BCUT2D eigenvalue weighted by molar-refractivity contribution is 7.89. The molecule has 0 saturated carbocycles. The second kappa shape index (κ2) is 10.5. The highest BCUT2D eigenvalue weighted by Gasteiger charge is 2.33. The summed E-state index contributed by atoms with van der Waals surface area (Å²) in [6, 6.07) is 18.9. The molecule has 1 aliphatic rings. The van der Waals surface area contributed by atoms with E-state index in [1.807, 2.05) is 42.5 Å². The lowest BCUT2D eigenvalue weighted by Crippen LogP contribution is -2.47. The molecule has 0 bridgehead atoms. The molecule has 8 nitrogen and oxygen atoms in total. The quantitative estimate of drug-likeness (QED) is 0.523. The van der Waals surface area contributed by atoms with E-state index in [1.54, 1.807) is 19.1 Å². The van der Waals surface area contributed by atoms with Crippen molar-refractivity contribution in [2.45, 2.75) is 30.7 Å². The van der Waals surface area contributed by atoms with Crippen molar-refractivity contribution in [3.63, 3.8) is 0 Å². The van der Waals surface area contributed by atoms with Crippen molar-refractivity contribution in [1.29, 1.82) is 0 Å². The van der Waals surface area contributed by atoms with Gasteiger partial charge in [-0.2, -0.15) is 4.31 Å². The van der Waals surface area contributed by atoms with Gasteiger partial charge in [-0.1, -0.05) is 36.4 Å². The number of amides is 2. The zero-order valence-electron chi connectivity index (χ0n) is 19.7. The molecule has 1 saturated heterocycles. The van der Waals surface area contributed by atoms with Crippen molar-refractivity contribution in [1.82, 2.24) is 9.62 Å². The molecule has 2 amide bonds. The maximum absolute atomic E-state index is 12.9. The van der Waals surface area contributed by atoms with Crippen molar-refractivity contribution in [3.05, 3.63) is 66.7 Å². The van der Waals surface area contributed by atoms with Crippen LogP contribution in [0.3, 0.4) is 0 Å². The van der Waals surface area contributed by atoms with Gasteiger partial charge >= 0.3 is 0 Å². The molecule has 2 N–H and O–H groups in total. The van der Waals surface area contributed by atoms with E-state index in [1.165, 1.54) is 23.5 Å². The van der Waals surface area contributed by atoms with Crippen molar-refractivity contribution >= 4 is 38.3 Å². The van der Waals surface area contributed by atoms with Crippen LogP contribution < -0.4 is 15.4 Å². The summed E-state index contributed by atoms with van der Waals surface area (Å²) in [5.41, 5.74) is 0.686. The van der Waals surface area contributed by atoms with Crippen molar-refractivity contribution in [2.75, 3.05) is 25.5 Å². The van der Waals surface area contributed by atoms with Crippen LogP contribution in [0.4, 0.5) is 5.69 Å². The molecule has 0 radical (unpaired) electrons. The number of methoxy groups -OCH3 is 1. The number of nitrogens with zero attached hydrogens (tertiary/aromatic N) is 1. The van der Waals surface area contributed by atoms with Gasteiger partial charge in [-0.3, -0.25) is 9.59 Å². The fraction of sp³-hybridized carbons (Fsp3) is 0.308. The second-order valence-electron chi connectivity index (χ2n) is 8.60. The minimum absolute atomic E-state index is 0.194. The first-order valence-electron chi connectivity index (χ1n) is 11.5. The molecule has 9 heteroatoms. The maximum Gasteiger partial charge on any atom is 0.246 e. The first-order chi connectivity index (χ1) is 16.8. The van der Waals surface area contributed by atoms with Crippen LogP contribution in [0.5, 0.6) is 5.75 Å². The molecule has 4 rings (SSSR count). The van der Waals surface area contributed by atoms with E-state index < -0.39 is 16.1 Å². The number of rotatable bonds is 7. The standard InChI is InChI=1S/C26H29N3O5S/c1-18(25(30)28-24-9-5-7-19-6-3-4-8-23(19)24)27-26(31)20-14-16-29(17-15-20)35(32,33)22-12-10-21(34-2)11-13-22/h3-13,18,20H,14-17H2,1-2H3,(H,27,31)(H,28,30)/t18-/m1/s1. The minimum Gasteiger partial charge on any atom is -0.497 e. The predicted molar refractivity (Wildman–Crippen MR) is 135 cm³/mol. The van der Waals surface area contributed by atoms with E-state index >= 15 is 0 Å². The summed E-state index contributed by atoms with van der Waals surface area (Å²) in [7, 11) is -2.12. The van der Waals surface area contributed by atoms with Crippen molar-refractivity contribution < 1.29 is 22.7 Å². The fourth-order valence-corrected chi connectivity index (χ4v) is 5.70. The van der Waals surface area contributed by atoms with Crippen molar-refractivity contribution in [3.8, 4) is 5.75 Å². The fourth-order valence-electron chi connectivity index (χ4n) is 4.23. The van der Waals surface area contributed by atoms with Gasteiger partial charge in [0.1, 0.15) is 11.8 Å². The summed E-state index contributed by atoms with van der Waals surface area (Å²) in [5.74, 6) is -0.329. The lowest BCUT2D eigenvalue weighted by molar-refractivity contribution is -0.129. The number of hydrogen-bond donors (Lipinski definition) is 2.